The maximum absolute atomic E-state index is 6.23. The molecule has 0 fully saturated rings. The molecule has 4 heteroatoms. The van der Waals surface area contributed by atoms with Crippen LogP contribution in [0.15, 0.2) is 34.9 Å². The van der Waals surface area contributed by atoms with Gasteiger partial charge in [-0.1, -0.05) is 33.6 Å². The van der Waals surface area contributed by atoms with Crippen LogP contribution in [0, 0.1) is 0 Å². The number of benzene rings is 1. The molecule has 0 N–H and O–H groups in total. The number of hydrogen-bond donors (Lipinski definition) is 0. The summed E-state index contributed by atoms with van der Waals surface area (Å²) in [6, 6.07) is 8.12. The van der Waals surface area contributed by atoms with E-state index in [2.05, 4.69) is 27.0 Å². The van der Waals surface area contributed by atoms with Crippen LogP contribution in [0.1, 0.15) is 28.3 Å². The van der Waals surface area contributed by atoms with Gasteiger partial charge in [0.15, 0.2) is 0 Å². The highest BCUT2D eigenvalue weighted by molar-refractivity contribution is 9.10. The topological polar surface area (TPSA) is 12.9 Å². The van der Waals surface area contributed by atoms with E-state index in [1.54, 1.807) is 0 Å². The Morgan fingerprint density at radius 3 is 2.84 bits per heavy atom. The third kappa shape index (κ3) is 2.42. The van der Waals surface area contributed by atoms with E-state index in [-0.39, 0.29) is 5.92 Å². The second-order valence-corrected chi connectivity index (χ2v) is 6.31. The van der Waals surface area contributed by atoms with Crippen molar-refractivity contribution >= 4 is 39.1 Å². The van der Waals surface area contributed by atoms with E-state index < -0.39 is 0 Å². The number of halogens is 3. The Kier molecular flexibility index (Phi) is 3.84. The average molecular weight is 357 g/mol. The number of pyridine rings is 1. The first-order valence-corrected chi connectivity index (χ1v) is 7.89. The largest absolute Gasteiger partial charge is 0.260 e. The molecule has 3 rings (SSSR count). The summed E-state index contributed by atoms with van der Waals surface area (Å²) in [6.07, 6.45) is 3.80. The van der Waals surface area contributed by atoms with Crippen molar-refractivity contribution in [3.63, 3.8) is 0 Å². The number of nitrogens with zero attached hydrogens (tertiary/aromatic N) is 1. The first kappa shape index (κ1) is 13.4. The van der Waals surface area contributed by atoms with Crippen molar-refractivity contribution in [2.75, 3.05) is 5.88 Å². The van der Waals surface area contributed by atoms with Gasteiger partial charge >= 0.3 is 0 Å². The van der Waals surface area contributed by atoms with E-state index in [4.69, 9.17) is 23.2 Å². The summed E-state index contributed by atoms with van der Waals surface area (Å²) in [7, 11) is 0. The second kappa shape index (κ2) is 5.43. The molecule has 0 bridgehead atoms. The fourth-order valence-electron chi connectivity index (χ4n) is 2.77. The van der Waals surface area contributed by atoms with Crippen molar-refractivity contribution in [1.29, 1.82) is 0 Å². The van der Waals surface area contributed by atoms with Crippen molar-refractivity contribution in [2.24, 2.45) is 0 Å². The van der Waals surface area contributed by atoms with Gasteiger partial charge in [-0.2, -0.15) is 0 Å². The average Bonchev–Trinajstić information content (AvgIpc) is 2.55. The summed E-state index contributed by atoms with van der Waals surface area (Å²) in [4.78, 5) is 4.56. The molecule has 0 radical (unpaired) electrons. The third-order valence-corrected chi connectivity index (χ3v) is 4.79. The van der Waals surface area contributed by atoms with Crippen molar-refractivity contribution in [2.45, 2.75) is 18.8 Å². The van der Waals surface area contributed by atoms with Crippen LogP contribution >= 0.6 is 39.1 Å². The van der Waals surface area contributed by atoms with Crippen molar-refractivity contribution < 1.29 is 0 Å². The molecule has 0 amide bonds. The quantitative estimate of drug-likeness (QED) is 0.657. The standard InChI is InChI=1S/C15H12BrCl2N/c16-13-7-11(18)6-10-4-3-9-2-1-5-19-15(9)12(8-17)14(10)13/h1-2,5-7,12H,3-4,8H2. The fraction of sp³-hybridized carbons (Fsp3) is 0.267. The number of hydrogen-bond acceptors (Lipinski definition) is 1. The second-order valence-electron chi connectivity index (χ2n) is 4.72. The normalized spacial score (nSPS) is 17.5. The lowest BCUT2D eigenvalue weighted by Crippen LogP contribution is -2.08. The molecule has 1 aromatic heterocycles. The Bertz CT molecular complexity index is 628. The van der Waals surface area contributed by atoms with Gasteiger partial charge in [0.2, 0.25) is 0 Å². The molecule has 1 heterocycles. The van der Waals surface area contributed by atoms with Gasteiger partial charge in [-0.05, 0) is 47.7 Å². The molecule has 2 aromatic rings. The summed E-state index contributed by atoms with van der Waals surface area (Å²) in [5.41, 5.74) is 4.88. The Morgan fingerprint density at radius 2 is 2.05 bits per heavy atom. The van der Waals surface area contributed by atoms with E-state index in [0.717, 1.165) is 28.0 Å². The fourth-order valence-corrected chi connectivity index (χ4v) is 4.22. The predicted molar refractivity (Wildman–Crippen MR) is 83.4 cm³/mol. The van der Waals surface area contributed by atoms with Gasteiger partial charge in [-0.25, -0.2) is 0 Å². The SMILES string of the molecule is ClCC1c2ncccc2CCc2cc(Cl)cc(Br)c21. The number of rotatable bonds is 1. The molecule has 0 spiro atoms. The molecular formula is C15H12BrCl2N. The highest BCUT2D eigenvalue weighted by Crippen LogP contribution is 2.39. The monoisotopic (exact) mass is 355 g/mol. The molecule has 1 atom stereocenters. The van der Waals surface area contributed by atoms with Crippen LogP contribution in [-0.4, -0.2) is 10.9 Å². The minimum absolute atomic E-state index is 0.127. The van der Waals surface area contributed by atoms with Crippen LogP contribution in [-0.2, 0) is 12.8 Å². The Balaban J connectivity index is 2.24. The summed E-state index contributed by atoms with van der Waals surface area (Å²) >= 11 is 16.0. The zero-order chi connectivity index (χ0) is 13.4. The van der Waals surface area contributed by atoms with Gasteiger partial charge in [-0.15, -0.1) is 11.6 Å². The van der Waals surface area contributed by atoms with E-state index in [1.165, 1.54) is 16.7 Å². The van der Waals surface area contributed by atoms with Crippen LogP contribution in [0.3, 0.4) is 0 Å². The molecule has 19 heavy (non-hydrogen) atoms. The van der Waals surface area contributed by atoms with Crippen LogP contribution in [0.4, 0.5) is 0 Å². The van der Waals surface area contributed by atoms with Gasteiger partial charge in [0.05, 0.1) is 5.69 Å². The number of aromatic nitrogens is 1. The van der Waals surface area contributed by atoms with Gasteiger partial charge in [0.1, 0.15) is 0 Å². The molecular weight excluding hydrogens is 345 g/mol. The Hall–Kier alpha value is -0.570. The number of alkyl halides is 1. The van der Waals surface area contributed by atoms with Crippen LogP contribution in [0.25, 0.3) is 0 Å². The van der Waals surface area contributed by atoms with Gasteiger partial charge in [-0.3, -0.25) is 4.98 Å². The van der Waals surface area contributed by atoms with Crippen molar-refractivity contribution in [1.82, 2.24) is 4.98 Å². The molecule has 1 nitrogen and oxygen atoms in total. The van der Waals surface area contributed by atoms with Crippen molar-refractivity contribution in [3.8, 4) is 0 Å². The lowest BCUT2D eigenvalue weighted by molar-refractivity contribution is 0.862. The minimum atomic E-state index is 0.127. The molecule has 1 aliphatic rings. The molecule has 1 unspecified atom stereocenters. The molecule has 0 saturated heterocycles. The smallest absolute Gasteiger partial charge is 0.0522 e. The van der Waals surface area contributed by atoms with E-state index >= 15 is 0 Å². The number of fused-ring (bicyclic) bond motifs is 2. The highest BCUT2D eigenvalue weighted by atomic mass is 79.9. The van der Waals surface area contributed by atoms with Gasteiger partial charge in [0.25, 0.3) is 0 Å². The van der Waals surface area contributed by atoms with E-state index in [9.17, 15) is 0 Å². The van der Waals surface area contributed by atoms with Gasteiger partial charge < -0.3 is 0 Å². The van der Waals surface area contributed by atoms with Crippen LogP contribution < -0.4 is 0 Å². The zero-order valence-electron chi connectivity index (χ0n) is 10.2. The first-order valence-electron chi connectivity index (χ1n) is 6.18. The lowest BCUT2D eigenvalue weighted by Gasteiger charge is -2.18. The maximum Gasteiger partial charge on any atom is 0.0522 e. The maximum atomic E-state index is 6.23. The highest BCUT2D eigenvalue weighted by Gasteiger charge is 2.26. The summed E-state index contributed by atoms with van der Waals surface area (Å²) in [5, 5.41) is 0.762. The van der Waals surface area contributed by atoms with Crippen LogP contribution in [0.2, 0.25) is 5.02 Å². The predicted octanol–water partition coefficient (Wildman–Crippen LogP) is 4.97. The lowest BCUT2D eigenvalue weighted by atomic mass is 9.93. The summed E-state index contributed by atoms with van der Waals surface area (Å²) in [5.74, 6) is 0.652. The number of aryl methyl sites for hydroxylation is 2. The molecule has 0 saturated carbocycles. The van der Waals surface area contributed by atoms with Crippen LogP contribution in [0.5, 0.6) is 0 Å². The van der Waals surface area contributed by atoms with E-state index in [0.29, 0.717) is 5.88 Å². The summed E-state index contributed by atoms with van der Waals surface area (Å²) < 4.78 is 1.03. The zero-order valence-corrected chi connectivity index (χ0v) is 13.3. The van der Waals surface area contributed by atoms with Crippen molar-refractivity contribution in [3.05, 3.63) is 62.3 Å². The third-order valence-electron chi connectivity index (χ3n) is 3.60. The molecule has 1 aliphatic carbocycles. The Labute approximate surface area is 131 Å². The Morgan fingerprint density at radius 1 is 1.26 bits per heavy atom. The molecule has 1 aromatic carbocycles. The molecule has 0 aliphatic heterocycles. The van der Waals surface area contributed by atoms with Gasteiger partial charge in [0, 0.05) is 27.5 Å². The molecule has 98 valence electrons. The van der Waals surface area contributed by atoms with E-state index in [1.807, 2.05) is 24.4 Å². The minimum Gasteiger partial charge on any atom is -0.260 e. The first-order chi connectivity index (χ1) is 9.20. The summed E-state index contributed by atoms with van der Waals surface area (Å²) in [6.45, 7) is 0.